The van der Waals surface area contributed by atoms with Crippen LogP contribution in [-0.2, 0) is 9.53 Å². The molecule has 0 aliphatic rings. The Morgan fingerprint density at radius 1 is 1.31 bits per heavy atom. The number of aryl methyl sites for hydroxylation is 1. The van der Waals surface area contributed by atoms with Crippen LogP contribution in [0.4, 0.5) is 0 Å². The highest BCUT2D eigenvalue weighted by Crippen LogP contribution is 2.29. The van der Waals surface area contributed by atoms with Crippen molar-refractivity contribution in [1.29, 1.82) is 5.26 Å². The van der Waals surface area contributed by atoms with Gasteiger partial charge in [0.05, 0.1) is 25.3 Å². The molecule has 1 heterocycles. The number of carbonyl (C=O) groups excluding carboxylic acids is 2. The second-order valence-corrected chi connectivity index (χ2v) is 6.46. The highest BCUT2D eigenvalue weighted by molar-refractivity contribution is 7.17. The third kappa shape index (κ3) is 4.80. The van der Waals surface area contributed by atoms with E-state index in [0.717, 1.165) is 11.3 Å². The molecule has 0 aliphatic heterocycles. The first-order chi connectivity index (χ1) is 12.5. The first kappa shape index (κ1) is 19.4. The van der Waals surface area contributed by atoms with Gasteiger partial charge < -0.3 is 14.4 Å². The first-order valence-electron chi connectivity index (χ1n) is 7.86. The summed E-state index contributed by atoms with van der Waals surface area (Å²) in [4.78, 5) is 30.3. The highest BCUT2D eigenvalue weighted by Gasteiger charge is 2.19. The minimum atomic E-state index is -0.582. The summed E-state index contributed by atoms with van der Waals surface area (Å²) in [5, 5.41) is 9.22. The van der Waals surface area contributed by atoms with Crippen LogP contribution in [0.25, 0.3) is 10.6 Å². The molecule has 0 saturated heterocycles. The van der Waals surface area contributed by atoms with Crippen molar-refractivity contribution in [1.82, 2.24) is 9.88 Å². The van der Waals surface area contributed by atoms with E-state index in [0.29, 0.717) is 22.1 Å². The standard InChI is InChI=1S/C18H19N3O4S/c1-12-16(18(23)25-11-15(22)21(2)10-4-9-19)26-17(20-12)13-5-7-14(24-3)8-6-13/h5-8H,4,10-11H2,1-3H3. The van der Waals surface area contributed by atoms with Crippen LogP contribution in [0.15, 0.2) is 24.3 Å². The summed E-state index contributed by atoms with van der Waals surface area (Å²) in [7, 11) is 3.16. The molecule has 0 aliphatic carbocycles. The van der Waals surface area contributed by atoms with Crippen LogP contribution >= 0.6 is 11.3 Å². The minimum Gasteiger partial charge on any atom is -0.497 e. The first-order valence-corrected chi connectivity index (χ1v) is 8.67. The molecule has 0 saturated carbocycles. The van der Waals surface area contributed by atoms with Crippen LogP contribution in [0, 0.1) is 18.3 Å². The lowest BCUT2D eigenvalue weighted by Gasteiger charge is -2.14. The van der Waals surface area contributed by atoms with Crippen LogP contribution in [0.3, 0.4) is 0 Å². The van der Waals surface area contributed by atoms with Crippen molar-refractivity contribution in [3.05, 3.63) is 34.8 Å². The molecule has 0 atom stereocenters. The largest absolute Gasteiger partial charge is 0.497 e. The SMILES string of the molecule is COc1ccc(-c2nc(C)c(C(=O)OCC(=O)N(C)CCC#N)s2)cc1. The van der Waals surface area contributed by atoms with E-state index in [1.165, 1.54) is 16.2 Å². The maximum Gasteiger partial charge on any atom is 0.350 e. The van der Waals surface area contributed by atoms with Crippen molar-refractivity contribution in [2.45, 2.75) is 13.3 Å². The van der Waals surface area contributed by atoms with E-state index in [4.69, 9.17) is 14.7 Å². The van der Waals surface area contributed by atoms with Crippen LogP contribution in [0.2, 0.25) is 0 Å². The molecule has 2 aromatic rings. The molecule has 136 valence electrons. The van der Waals surface area contributed by atoms with Gasteiger partial charge in [-0.05, 0) is 31.2 Å². The van der Waals surface area contributed by atoms with Crippen molar-refractivity contribution >= 4 is 23.2 Å². The zero-order valence-corrected chi connectivity index (χ0v) is 15.6. The normalized spacial score (nSPS) is 10.1. The molecule has 1 amide bonds. The minimum absolute atomic E-state index is 0.232. The monoisotopic (exact) mass is 373 g/mol. The van der Waals surface area contributed by atoms with Gasteiger partial charge in [-0.1, -0.05) is 0 Å². The van der Waals surface area contributed by atoms with Crippen molar-refractivity contribution in [3.8, 4) is 22.4 Å². The Balaban J connectivity index is 2.02. The smallest absolute Gasteiger partial charge is 0.350 e. The van der Waals surface area contributed by atoms with Gasteiger partial charge in [-0.2, -0.15) is 5.26 Å². The summed E-state index contributed by atoms with van der Waals surface area (Å²) in [6, 6.07) is 9.32. The number of hydrogen-bond donors (Lipinski definition) is 0. The number of nitriles is 1. The van der Waals surface area contributed by atoms with Crippen LogP contribution in [0.5, 0.6) is 5.75 Å². The topological polar surface area (TPSA) is 92.5 Å². The second-order valence-electron chi connectivity index (χ2n) is 5.46. The summed E-state index contributed by atoms with van der Waals surface area (Å²) in [5.74, 6) is -0.200. The van der Waals surface area contributed by atoms with Crippen LogP contribution in [0.1, 0.15) is 21.8 Å². The number of esters is 1. The Morgan fingerprint density at radius 2 is 2.00 bits per heavy atom. The molecular formula is C18H19N3O4S. The number of benzene rings is 1. The van der Waals surface area contributed by atoms with E-state index in [1.54, 1.807) is 21.1 Å². The van der Waals surface area contributed by atoms with Gasteiger partial charge in [0.25, 0.3) is 5.91 Å². The Kier molecular flexibility index (Phi) is 6.69. The molecule has 8 heteroatoms. The Labute approximate surface area is 155 Å². The van der Waals surface area contributed by atoms with E-state index in [1.807, 2.05) is 30.3 Å². The lowest BCUT2D eigenvalue weighted by molar-refractivity contribution is -0.133. The van der Waals surface area contributed by atoms with Gasteiger partial charge in [0.15, 0.2) is 6.61 Å². The number of amides is 1. The quantitative estimate of drug-likeness (QED) is 0.693. The fourth-order valence-corrected chi connectivity index (χ4v) is 3.05. The van der Waals surface area contributed by atoms with Gasteiger partial charge >= 0.3 is 5.97 Å². The van der Waals surface area contributed by atoms with Crippen LogP contribution in [-0.4, -0.2) is 49.1 Å². The molecule has 1 aromatic heterocycles. The third-order valence-electron chi connectivity index (χ3n) is 3.63. The van der Waals surface area contributed by atoms with Crippen molar-refractivity contribution in [2.24, 2.45) is 0 Å². The summed E-state index contributed by atoms with van der Waals surface area (Å²) in [5.41, 5.74) is 1.42. The molecule has 0 fully saturated rings. The molecule has 0 N–H and O–H groups in total. The fraction of sp³-hybridized carbons (Fsp3) is 0.333. The van der Waals surface area contributed by atoms with Crippen molar-refractivity contribution in [3.63, 3.8) is 0 Å². The highest BCUT2D eigenvalue weighted by atomic mass is 32.1. The fourth-order valence-electron chi connectivity index (χ4n) is 2.09. The predicted octanol–water partition coefficient (Wildman–Crippen LogP) is 2.66. The zero-order chi connectivity index (χ0) is 19.1. The molecule has 1 aromatic carbocycles. The molecule has 7 nitrogen and oxygen atoms in total. The third-order valence-corrected chi connectivity index (χ3v) is 4.82. The average Bonchev–Trinajstić information content (AvgIpc) is 3.05. The number of aromatic nitrogens is 1. The number of thiazole rings is 1. The lowest BCUT2D eigenvalue weighted by atomic mass is 10.2. The number of ether oxygens (including phenoxy) is 2. The second kappa shape index (κ2) is 8.97. The van der Waals surface area contributed by atoms with E-state index < -0.39 is 5.97 Å². The van der Waals surface area contributed by atoms with E-state index >= 15 is 0 Å². The summed E-state index contributed by atoms with van der Waals surface area (Å²) in [6.45, 7) is 1.66. The molecular weight excluding hydrogens is 354 g/mol. The molecule has 0 spiro atoms. The summed E-state index contributed by atoms with van der Waals surface area (Å²) >= 11 is 1.21. The molecule has 0 radical (unpaired) electrons. The van der Waals surface area contributed by atoms with E-state index in [2.05, 4.69) is 4.98 Å². The Bertz CT molecular complexity index is 824. The van der Waals surface area contributed by atoms with Crippen LogP contribution < -0.4 is 4.74 Å². The van der Waals surface area contributed by atoms with Gasteiger partial charge in [-0.15, -0.1) is 11.3 Å². The Hall–Kier alpha value is -2.92. The number of hydrogen-bond acceptors (Lipinski definition) is 7. The lowest BCUT2D eigenvalue weighted by Crippen LogP contribution is -2.31. The van der Waals surface area contributed by atoms with Gasteiger partial charge in [-0.3, -0.25) is 4.79 Å². The van der Waals surface area contributed by atoms with Gasteiger partial charge in [0.1, 0.15) is 15.6 Å². The summed E-state index contributed by atoms with van der Waals surface area (Å²) in [6.07, 6.45) is 0.232. The molecule has 0 unspecified atom stereocenters. The Morgan fingerprint density at radius 3 is 2.62 bits per heavy atom. The maximum atomic E-state index is 12.3. The number of methoxy groups -OCH3 is 1. The average molecular weight is 373 g/mol. The van der Waals surface area contributed by atoms with Crippen molar-refractivity contribution in [2.75, 3.05) is 27.3 Å². The van der Waals surface area contributed by atoms with Gasteiger partial charge in [0, 0.05) is 19.2 Å². The van der Waals surface area contributed by atoms with Crippen molar-refractivity contribution < 1.29 is 19.1 Å². The molecule has 26 heavy (non-hydrogen) atoms. The molecule has 0 bridgehead atoms. The number of rotatable bonds is 7. The predicted molar refractivity (Wildman–Crippen MR) is 97.0 cm³/mol. The van der Waals surface area contributed by atoms with E-state index in [-0.39, 0.29) is 18.9 Å². The maximum absolute atomic E-state index is 12.3. The summed E-state index contributed by atoms with van der Waals surface area (Å²) < 4.78 is 10.2. The van der Waals surface area contributed by atoms with Gasteiger partial charge in [-0.25, -0.2) is 9.78 Å². The number of nitrogens with zero attached hydrogens (tertiary/aromatic N) is 3. The zero-order valence-electron chi connectivity index (χ0n) is 14.8. The van der Waals surface area contributed by atoms with Gasteiger partial charge in [0.2, 0.25) is 0 Å². The number of likely N-dealkylation sites (N-methyl/N-ethyl adjacent to an activating group) is 1. The number of carbonyl (C=O) groups is 2. The van der Waals surface area contributed by atoms with E-state index in [9.17, 15) is 9.59 Å². The molecule has 2 rings (SSSR count).